The lowest BCUT2D eigenvalue weighted by molar-refractivity contribution is -0.0714. The number of hydrogen-bond acceptors (Lipinski definition) is 14. The Morgan fingerprint density at radius 3 is 2.59 bits per heavy atom. The third kappa shape index (κ3) is 5.59. The summed E-state index contributed by atoms with van der Waals surface area (Å²) in [6, 6.07) is 8.19. The Hall–Kier alpha value is -3.33. The maximum Gasteiger partial charge on any atom is 0.473 e. The summed E-state index contributed by atoms with van der Waals surface area (Å²) in [7, 11) is -5.28. The van der Waals surface area contributed by atoms with Gasteiger partial charge in [-0.05, 0) is 17.4 Å². The second kappa shape index (κ2) is 11.6. The van der Waals surface area contributed by atoms with Gasteiger partial charge in [-0.3, -0.25) is 32.5 Å². The lowest BCUT2D eigenvalue weighted by Crippen LogP contribution is -2.38. The number of imidazole rings is 1. The number of nitrogens with zero attached hydrogens (tertiary/aromatic N) is 5. The summed E-state index contributed by atoms with van der Waals surface area (Å²) in [6.45, 7) is -5.25. The van der Waals surface area contributed by atoms with Gasteiger partial charge in [0.05, 0.1) is 18.5 Å². The van der Waals surface area contributed by atoms with Gasteiger partial charge in [0.25, 0.3) is 5.56 Å². The number of nitrogens with one attached hydrogen (secondary N) is 1. The van der Waals surface area contributed by atoms with Gasteiger partial charge in [-0.2, -0.15) is 0 Å². The number of phosphoric ester groups is 1. The topological polar surface area (TPSA) is 237 Å². The average Bonchev–Trinajstić information content (AvgIpc) is 3.27. The molecular formula is C26H25F2N7O11P2S. The van der Waals surface area contributed by atoms with Crippen molar-refractivity contribution in [2.75, 3.05) is 12.3 Å². The van der Waals surface area contributed by atoms with Gasteiger partial charge in [0.1, 0.15) is 41.9 Å². The standard InChI is InChI=1S/C26H25F2N7O11P2S/c27-15-13-8-41-48(40,49)46-19-16(28)23(35-10-32-17-20(29)30-9-31-21(17)35)43-26(19)6-14(26)44-47(38,39)45-18(15)24(42-13)34-7-12(22(36)33-25(34)37)11-4-2-1-3-5-11/h1-5,7,9-10,13-16,18-19,23-24H,6,8H2,(H,38,39)(H,40,49)(H2,29,30,31)(H,33,36,37)/t13-,14-,15-,16?,18-,19+,23-,24-,26+,48?/m1/s1. The van der Waals surface area contributed by atoms with E-state index in [1.165, 1.54) is 10.9 Å². The minimum absolute atomic E-state index is 0.00532. The minimum atomic E-state index is -5.28. The normalized spacial score (nSPS) is 39.0. The van der Waals surface area contributed by atoms with E-state index in [9.17, 15) is 23.9 Å². The van der Waals surface area contributed by atoms with Crippen molar-refractivity contribution in [3.05, 3.63) is 70.0 Å². The largest absolute Gasteiger partial charge is 0.473 e. The molecule has 8 rings (SSSR count). The first-order chi connectivity index (χ1) is 23.3. The molecule has 1 aromatic carbocycles. The number of nitrogens with two attached hydrogens (primary N) is 1. The monoisotopic (exact) mass is 743 g/mol. The molecule has 11 atom stereocenters. The second-order valence-electron chi connectivity index (χ2n) is 11.7. The summed E-state index contributed by atoms with van der Waals surface area (Å²) in [5.41, 5.74) is 2.88. The molecule has 1 spiro atoms. The number of aromatic amines is 1. The average molecular weight is 744 g/mol. The van der Waals surface area contributed by atoms with E-state index in [1.807, 2.05) is 0 Å². The molecule has 4 aromatic rings. The van der Waals surface area contributed by atoms with Crippen LogP contribution in [0.2, 0.25) is 0 Å². The Morgan fingerprint density at radius 1 is 1.04 bits per heavy atom. The Bertz CT molecular complexity index is 2180. The molecule has 260 valence electrons. The first kappa shape index (κ1) is 32.9. The number of phosphoric acid groups is 1. The van der Waals surface area contributed by atoms with Crippen LogP contribution in [0.25, 0.3) is 22.3 Å². The molecule has 0 amide bonds. The number of anilines is 1. The molecule has 0 radical (unpaired) electrons. The number of ether oxygens (including phenoxy) is 2. The number of nitrogen functional groups attached to an aromatic ring is 1. The van der Waals surface area contributed by atoms with E-state index in [-0.39, 0.29) is 29.0 Å². The third-order valence-corrected chi connectivity index (χ3v) is 11.3. The summed E-state index contributed by atoms with van der Waals surface area (Å²) < 4.78 is 81.2. The Balaban J connectivity index is 1.14. The van der Waals surface area contributed by atoms with Crippen LogP contribution in [0.5, 0.6) is 0 Å². The van der Waals surface area contributed by atoms with Gasteiger partial charge in [-0.25, -0.2) is 33.1 Å². The quantitative estimate of drug-likeness (QED) is 0.217. The lowest BCUT2D eigenvalue weighted by Gasteiger charge is -2.26. The van der Waals surface area contributed by atoms with Crippen LogP contribution in [0, 0.1) is 0 Å². The van der Waals surface area contributed by atoms with Crippen molar-refractivity contribution >= 4 is 43.3 Å². The highest BCUT2D eigenvalue weighted by molar-refractivity contribution is 8.07. The zero-order valence-electron chi connectivity index (χ0n) is 24.6. The zero-order chi connectivity index (χ0) is 34.5. The van der Waals surface area contributed by atoms with Crippen LogP contribution in [0.4, 0.5) is 14.6 Å². The summed E-state index contributed by atoms with van der Waals surface area (Å²) in [5, 5.41) is 0. The predicted molar refractivity (Wildman–Crippen MR) is 165 cm³/mol. The Morgan fingerprint density at radius 2 is 1.82 bits per heavy atom. The van der Waals surface area contributed by atoms with E-state index in [4.69, 9.17) is 45.1 Å². The summed E-state index contributed by atoms with van der Waals surface area (Å²) in [6.07, 6.45) is -11.3. The molecule has 6 heterocycles. The fourth-order valence-corrected chi connectivity index (χ4v) is 8.91. The first-order valence-electron chi connectivity index (χ1n) is 14.6. The number of H-pyrrole nitrogens is 1. The van der Waals surface area contributed by atoms with Crippen molar-refractivity contribution in [1.82, 2.24) is 29.1 Å². The first-order valence-corrected chi connectivity index (χ1v) is 18.7. The number of benzene rings is 1. The van der Waals surface area contributed by atoms with Crippen LogP contribution < -0.4 is 17.0 Å². The van der Waals surface area contributed by atoms with Crippen LogP contribution in [-0.2, 0) is 43.9 Å². The predicted octanol–water partition coefficient (Wildman–Crippen LogP) is 1.37. The fourth-order valence-electron chi connectivity index (χ4n) is 6.31. The molecule has 23 heteroatoms. The minimum Gasteiger partial charge on any atom is -0.382 e. The van der Waals surface area contributed by atoms with Gasteiger partial charge in [-0.15, -0.1) is 0 Å². The zero-order valence-corrected chi connectivity index (χ0v) is 27.2. The van der Waals surface area contributed by atoms with Crippen molar-refractivity contribution in [3.63, 3.8) is 0 Å². The summed E-state index contributed by atoms with van der Waals surface area (Å²) in [4.78, 5) is 61.8. The van der Waals surface area contributed by atoms with Crippen molar-refractivity contribution in [1.29, 1.82) is 0 Å². The van der Waals surface area contributed by atoms with Crippen LogP contribution in [-0.4, -0.2) is 87.8 Å². The molecule has 3 saturated heterocycles. The summed E-state index contributed by atoms with van der Waals surface area (Å²) >= 11 is 5.16. The molecule has 4 aliphatic rings. The summed E-state index contributed by atoms with van der Waals surface area (Å²) in [5.74, 6) is 0.0149. The second-order valence-corrected chi connectivity index (χ2v) is 15.9. The molecule has 1 saturated carbocycles. The van der Waals surface area contributed by atoms with Crippen LogP contribution in [0.15, 0.2) is 58.8 Å². The smallest absolute Gasteiger partial charge is 0.382 e. The third-order valence-electron chi connectivity index (χ3n) is 8.69. The van der Waals surface area contributed by atoms with Crippen molar-refractivity contribution in [2.24, 2.45) is 0 Å². The number of hydrogen-bond donors (Lipinski definition) is 4. The van der Waals surface area contributed by atoms with Gasteiger partial charge >= 0.3 is 20.2 Å². The molecule has 49 heavy (non-hydrogen) atoms. The maximum atomic E-state index is 16.3. The highest BCUT2D eigenvalue weighted by atomic mass is 32.5. The van der Waals surface area contributed by atoms with E-state index in [0.717, 1.165) is 17.1 Å². The van der Waals surface area contributed by atoms with E-state index in [1.54, 1.807) is 30.3 Å². The van der Waals surface area contributed by atoms with E-state index in [2.05, 4.69) is 19.9 Å². The van der Waals surface area contributed by atoms with Crippen LogP contribution >= 0.6 is 14.5 Å². The van der Waals surface area contributed by atoms with E-state index in [0.29, 0.717) is 5.56 Å². The molecular weight excluding hydrogens is 718 g/mol. The van der Waals surface area contributed by atoms with Gasteiger partial charge in [0, 0.05) is 12.6 Å². The molecule has 4 fully saturated rings. The van der Waals surface area contributed by atoms with Gasteiger partial charge in [0.2, 0.25) is 0 Å². The van der Waals surface area contributed by atoms with Crippen LogP contribution in [0.1, 0.15) is 18.9 Å². The molecule has 3 aromatic heterocycles. The number of halogens is 2. The van der Waals surface area contributed by atoms with Crippen molar-refractivity contribution in [3.8, 4) is 11.1 Å². The molecule has 2 bridgehead atoms. The molecule has 5 N–H and O–H groups in total. The lowest BCUT2D eigenvalue weighted by atomic mass is 10.1. The SMILES string of the molecule is Nc1ncnc2c1ncn2[C@@H]1O[C@@]23C[C@H]2OP(=O)(O)O[C@@H]2[C@H](F)[C@@H](COP(O)(=S)O[C@H]3C1F)O[C@H]2n1cc(-c2ccccc2)c(=O)[nH]c1=O. The maximum absolute atomic E-state index is 16.3. The molecule has 3 aliphatic heterocycles. The number of aromatic nitrogens is 6. The number of alkyl halides is 2. The van der Waals surface area contributed by atoms with Gasteiger partial charge in [0.15, 0.2) is 36.3 Å². The van der Waals surface area contributed by atoms with E-state index < -0.39 is 87.2 Å². The van der Waals surface area contributed by atoms with Gasteiger partial charge < -0.3 is 29.5 Å². The van der Waals surface area contributed by atoms with Crippen LogP contribution in [0.3, 0.4) is 0 Å². The molecule has 18 nitrogen and oxygen atoms in total. The highest BCUT2D eigenvalue weighted by Crippen LogP contribution is 2.65. The molecule has 3 unspecified atom stereocenters. The fraction of sp³-hybridized carbons (Fsp3) is 0.423. The number of rotatable bonds is 3. The Labute approximate surface area is 277 Å². The Kier molecular flexibility index (Phi) is 7.78. The molecule has 1 aliphatic carbocycles. The van der Waals surface area contributed by atoms with Crippen molar-refractivity contribution < 1.29 is 50.7 Å². The van der Waals surface area contributed by atoms with Crippen molar-refractivity contribution in [2.45, 2.75) is 61.2 Å². The van der Waals surface area contributed by atoms with Gasteiger partial charge in [-0.1, -0.05) is 30.3 Å². The highest BCUT2D eigenvalue weighted by Gasteiger charge is 2.74. The van der Waals surface area contributed by atoms with E-state index >= 15 is 8.78 Å². The number of fused-ring (bicyclic) bond motifs is 3.